The smallest absolute Gasteiger partial charge is 0.307 e. The van der Waals surface area contributed by atoms with Crippen molar-refractivity contribution in [1.82, 2.24) is 4.90 Å². The van der Waals surface area contributed by atoms with Crippen molar-refractivity contribution in [3.63, 3.8) is 0 Å². The van der Waals surface area contributed by atoms with Crippen LogP contribution in [0.3, 0.4) is 0 Å². The molecule has 0 aromatic rings. The second-order valence-corrected chi connectivity index (χ2v) is 5.72. The molecule has 5 nitrogen and oxygen atoms in total. The first-order chi connectivity index (χ1) is 10.2. The third kappa shape index (κ3) is 7.46. The van der Waals surface area contributed by atoms with Gasteiger partial charge in [-0.25, -0.2) is 0 Å². The molecule has 0 unspecified atom stereocenters. The van der Waals surface area contributed by atoms with E-state index in [2.05, 4.69) is 0 Å². The summed E-state index contributed by atoms with van der Waals surface area (Å²) >= 11 is 0. The Hall–Kier alpha value is -1.10. The number of carbonyl (C=O) groups excluding carboxylic acids is 2. The molecule has 1 fully saturated rings. The lowest BCUT2D eigenvalue weighted by molar-refractivity contribution is -0.144. The van der Waals surface area contributed by atoms with Gasteiger partial charge in [0, 0.05) is 26.1 Å². The lowest BCUT2D eigenvalue weighted by Gasteiger charge is -2.26. The van der Waals surface area contributed by atoms with Gasteiger partial charge in [-0.1, -0.05) is 19.3 Å². The molecule has 1 N–H and O–H groups in total. The van der Waals surface area contributed by atoms with Crippen molar-refractivity contribution in [2.24, 2.45) is 5.92 Å². The maximum Gasteiger partial charge on any atom is 0.307 e. The second kappa shape index (κ2) is 10.6. The van der Waals surface area contributed by atoms with Crippen LogP contribution < -0.4 is 0 Å². The van der Waals surface area contributed by atoms with Crippen LogP contribution in [0.2, 0.25) is 0 Å². The number of aliphatic hydroxyl groups is 1. The van der Waals surface area contributed by atoms with E-state index in [1.807, 2.05) is 0 Å². The number of rotatable bonds is 9. The predicted octanol–water partition coefficient (Wildman–Crippen LogP) is 2.12. The van der Waals surface area contributed by atoms with Crippen LogP contribution in [-0.2, 0) is 14.3 Å². The highest BCUT2D eigenvalue weighted by atomic mass is 16.5. The standard InChI is InChI=1S/C16H29NO4/c1-2-21-16(20)9-11-17(10-6-12-18)15(19)13-14-7-4-3-5-8-14/h14,18H,2-13H2,1H3. The molecule has 122 valence electrons. The van der Waals surface area contributed by atoms with Crippen molar-refractivity contribution in [3.05, 3.63) is 0 Å². The average Bonchev–Trinajstić information content (AvgIpc) is 2.48. The monoisotopic (exact) mass is 299 g/mol. The first kappa shape index (κ1) is 18.0. The van der Waals surface area contributed by atoms with E-state index < -0.39 is 0 Å². The molecule has 0 heterocycles. The highest BCUT2D eigenvalue weighted by Crippen LogP contribution is 2.26. The van der Waals surface area contributed by atoms with E-state index in [-0.39, 0.29) is 24.9 Å². The molecule has 0 bridgehead atoms. The van der Waals surface area contributed by atoms with Gasteiger partial charge in [-0.05, 0) is 32.1 Å². The zero-order valence-electron chi connectivity index (χ0n) is 13.2. The van der Waals surface area contributed by atoms with E-state index in [0.717, 1.165) is 12.8 Å². The average molecular weight is 299 g/mol. The summed E-state index contributed by atoms with van der Waals surface area (Å²) in [6.07, 6.45) is 7.36. The first-order valence-corrected chi connectivity index (χ1v) is 8.21. The fourth-order valence-electron chi connectivity index (χ4n) is 2.85. The molecule has 5 heteroatoms. The summed E-state index contributed by atoms with van der Waals surface area (Å²) < 4.78 is 4.90. The molecule has 21 heavy (non-hydrogen) atoms. The highest BCUT2D eigenvalue weighted by Gasteiger charge is 2.21. The van der Waals surface area contributed by atoms with E-state index in [4.69, 9.17) is 9.84 Å². The quantitative estimate of drug-likeness (QED) is 0.662. The van der Waals surface area contributed by atoms with Gasteiger partial charge in [0.05, 0.1) is 13.0 Å². The SMILES string of the molecule is CCOC(=O)CCN(CCCO)C(=O)CC1CCCCC1. The van der Waals surface area contributed by atoms with E-state index in [1.54, 1.807) is 11.8 Å². The summed E-state index contributed by atoms with van der Waals surface area (Å²) in [5.41, 5.74) is 0. The maximum absolute atomic E-state index is 12.4. The number of nitrogens with zero attached hydrogens (tertiary/aromatic N) is 1. The third-order valence-corrected chi connectivity index (χ3v) is 4.02. The van der Waals surface area contributed by atoms with Gasteiger partial charge >= 0.3 is 5.97 Å². The Balaban J connectivity index is 2.41. The number of hydrogen-bond donors (Lipinski definition) is 1. The summed E-state index contributed by atoms with van der Waals surface area (Å²) in [6.45, 7) is 3.11. The van der Waals surface area contributed by atoms with Crippen LogP contribution in [0.5, 0.6) is 0 Å². The molecule has 0 aromatic heterocycles. The Kier molecular flexibility index (Phi) is 9.06. The molecule has 1 amide bonds. The van der Waals surface area contributed by atoms with Gasteiger partial charge in [0.1, 0.15) is 0 Å². The van der Waals surface area contributed by atoms with E-state index in [1.165, 1.54) is 19.3 Å². The van der Waals surface area contributed by atoms with Crippen LogP contribution in [0.4, 0.5) is 0 Å². The van der Waals surface area contributed by atoms with Gasteiger partial charge in [-0.3, -0.25) is 9.59 Å². The first-order valence-electron chi connectivity index (χ1n) is 8.21. The van der Waals surface area contributed by atoms with Crippen LogP contribution in [0, 0.1) is 5.92 Å². The number of hydrogen-bond acceptors (Lipinski definition) is 4. The Bertz CT molecular complexity index is 313. The topological polar surface area (TPSA) is 66.8 Å². The lowest BCUT2D eigenvalue weighted by Crippen LogP contribution is -2.35. The fraction of sp³-hybridized carbons (Fsp3) is 0.875. The molecule has 1 aliphatic carbocycles. The molecule has 1 rings (SSSR count). The highest BCUT2D eigenvalue weighted by molar-refractivity contribution is 5.77. The van der Waals surface area contributed by atoms with E-state index in [0.29, 0.717) is 38.5 Å². The van der Waals surface area contributed by atoms with Gasteiger partial charge in [0.25, 0.3) is 0 Å². The molecule has 1 saturated carbocycles. The van der Waals surface area contributed by atoms with Crippen molar-refractivity contribution in [3.8, 4) is 0 Å². The molecule has 0 spiro atoms. The Labute approximate surface area is 127 Å². The van der Waals surface area contributed by atoms with Crippen LogP contribution in [0.15, 0.2) is 0 Å². The molecular weight excluding hydrogens is 270 g/mol. The number of ether oxygens (including phenoxy) is 1. The van der Waals surface area contributed by atoms with E-state index >= 15 is 0 Å². The van der Waals surface area contributed by atoms with Gasteiger partial charge in [0.2, 0.25) is 5.91 Å². The molecule has 1 aliphatic rings. The number of esters is 1. The van der Waals surface area contributed by atoms with Crippen molar-refractivity contribution in [2.75, 3.05) is 26.3 Å². The summed E-state index contributed by atoms with van der Waals surface area (Å²) in [7, 11) is 0. The third-order valence-electron chi connectivity index (χ3n) is 4.02. The van der Waals surface area contributed by atoms with Crippen LogP contribution in [0.25, 0.3) is 0 Å². The van der Waals surface area contributed by atoms with Crippen molar-refractivity contribution < 1.29 is 19.4 Å². The summed E-state index contributed by atoms with van der Waals surface area (Å²) in [6, 6.07) is 0. The van der Waals surface area contributed by atoms with Crippen molar-refractivity contribution in [1.29, 1.82) is 0 Å². The zero-order chi connectivity index (χ0) is 15.5. The largest absolute Gasteiger partial charge is 0.466 e. The zero-order valence-corrected chi connectivity index (χ0v) is 13.2. The molecule has 0 radical (unpaired) electrons. The minimum atomic E-state index is -0.267. The number of aliphatic hydroxyl groups excluding tert-OH is 1. The maximum atomic E-state index is 12.4. The van der Waals surface area contributed by atoms with Crippen LogP contribution >= 0.6 is 0 Å². The minimum Gasteiger partial charge on any atom is -0.466 e. The molecule has 0 aromatic carbocycles. The summed E-state index contributed by atoms with van der Waals surface area (Å²) in [5, 5.41) is 8.95. The molecule has 0 saturated heterocycles. The van der Waals surface area contributed by atoms with Crippen molar-refractivity contribution >= 4 is 11.9 Å². The summed E-state index contributed by atoms with van der Waals surface area (Å²) in [4.78, 5) is 25.5. The van der Waals surface area contributed by atoms with Crippen LogP contribution in [-0.4, -0.2) is 48.2 Å². The van der Waals surface area contributed by atoms with E-state index in [9.17, 15) is 9.59 Å². The number of amides is 1. The Morgan fingerprint density at radius 3 is 2.52 bits per heavy atom. The van der Waals surface area contributed by atoms with Crippen LogP contribution in [0.1, 0.15) is 58.3 Å². The Morgan fingerprint density at radius 1 is 1.19 bits per heavy atom. The van der Waals surface area contributed by atoms with Gasteiger partial charge < -0.3 is 14.7 Å². The normalized spacial score (nSPS) is 15.7. The molecular formula is C16H29NO4. The van der Waals surface area contributed by atoms with Gasteiger partial charge in [-0.15, -0.1) is 0 Å². The predicted molar refractivity (Wildman–Crippen MR) is 80.7 cm³/mol. The summed E-state index contributed by atoms with van der Waals surface area (Å²) in [5.74, 6) is 0.335. The molecule has 0 atom stereocenters. The fourth-order valence-corrected chi connectivity index (χ4v) is 2.85. The minimum absolute atomic E-state index is 0.0621. The molecule has 0 aliphatic heterocycles. The van der Waals surface area contributed by atoms with Gasteiger partial charge in [-0.2, -0.15) is 0 Å². The second-order valence-electron chi connectivity index (χ2n) is 5.72. The Morgan fingerprint density at radius 2 is 1.90 bits per heavy atom. The van der Waals surface area contributed by atoms with Crippen molar-refractivity contribution in [2.45, 2.75) is 58.3 Å². The number of carbonyl (C=O) groups is 2. The van der Waals surface area contributed by atoms with Gasteiger partial charge in [0.15, 0.2) is 0 Å². The lowest BCUT2D eigenvalue weighted by atomic mass is 9.86.